The van der Waals surface area contributed by atoms with E-state index in [9.17, 15) is 9.59 Å². The van der Waals surface area contributed by atoms with Crippen LogP contribution in [0.25, 0.3) is 0 Å². The Morgan fingerprint density at radius 2 is 2.05 bits per heavy atom. The Balaban J connectivity index is 1.99. The minimum atomic E-state index is -1.64. The van der Waals surface area contributed by atoms with Crippen LogP contribution in [0.15, 0.2) is 29.3 Å². The first kappa shape index (κ1) is 16.4. The number of alkyl halides is 3. The molecule has 1 aromatic heterocycles. The van der Waals surface area contributed by atoms with E-state index in [1.54, 1.807) is 24.6 Å². The van der Waals surface area contributed by atoms with E-state index in [4.69, 9.17) is 39.5 Å². The van der Waals surface area contributed by atoms with Crippen LogP contribution in [0.2, 0.25) is 0 Å². The predicted octanol–water partition coefficient (Wildman–Crippen LogP) is 3.68. The first-order chi connectivity index (χ1) is 9.76. The second kappa shape index (κ2) is 6.44. The van der Waals surface area contributed by atoms with E-state index < -0.39 is 9.89 Å². The summed E-state index contributed by atoms with van der Waals surface area (Å²) in [5.41, 5.74) is 0.816. The molecule has 0 aliphatic carbocycles. The van der Waals surface area contributed by atoms with Crippen molar-refractivity contribution in [2.75, 3.05) is 6.61 Å². The number of thiazole rings is 1. The smallest absolute Gasteiger partial charge is 0.418 e. The van der Waals surface area contributed by atoms with Gasteiger partial charge in [0.25, 0.3) is 0 Å². The van der Waals surface area contributed by atoms with Crippen LogP contribution in [-0.2, 0) is 4.74 Å². The zero-order valence-electron chi connectivity index (χ0n) is 10.8. The first-order valence-corrected chi connectivity index (χ1v) is 7.79. The second-order valence-corrected chi connectivity index (χ2v) is 7.82. The van der Waals surface area contributed by atoms with Crippen molar-refractivity contribution in [3.63, 3.8) is 0 Å². The average Bonchev–Trinajstić information content (AvgIpc) is 2.74. The number of halogens is 3. The number of aryl methyl sites for hydroxylation is 1. The number of hydrogen-bond acceptors (Lipinski definition) is 4. The Morgan fingerprint density at radius 3 is 2.52 bits per heavy atom. The highest BCUT2D eigenvalue weighted by atomic mass is 35.6. The van der Waals surface area contributed by atoms with E-state index >= 15 is 0 Å². The minimum absolute atomic E-state index is 0.0637. The Kier molecular flexibility index (Phi) is 5.03. The molecule has 0 bridgehead atoms. The highest BCUT2D eigenvalue weighted by Crippen LogP contribution is 2.28. The number of carbonyl (C=O) groups excluding carboxylic acids is 1. The number of carbonyl (C=O) groups is 1. The predicted molar refractivity (Wildman–Crippen MR) is 84.2 cm³/mol. The lowest BCUT2D eigenvalue weighted by atomic mass is 10.0. The zero-order chi connectivity index (χ0) is 15.6. The third kappa shape index (κ3) is 4.51. The molecule has 0 radical (unpaired) electrons. The summed E-state index contributed by atoms with van der Waals surface area (Å²) in [6.07, 6.45) is 6.02. The molecule has 0 saturated heterocycles. The van der Waals surface area contributed by atoms with Crippen LogP contribution in [0.5, 0.6) is 0 Å². The number of hydrogen-bond donors (Lipinski definition) is 1. The molecule has 2 heterocycles. The van der Waals surface area contributed by atoms with Gasteiger partial charge in [0.05, 0.1) is 0 Å². The first-order valence-electron chi connectivity index (χ1n) is 5.84. The fourth-order valence-corrected chi connectivity index (χ4v) is 2.80. The van der Waals surface area contributed by atoms with Gasteiger partial charge in [-0.1, -0.05) is 58.3 Å². The van der Waals surface area contributed by atoms with Gasteiger partial charge in [-0.3, -0.25) is 9.69 Å². The molecule has 1 aromatic rings. The van der Waals surface area contributed by atoms with E-state index in [-0.39, 0.29) is 17.4 Å². The van der Waals surface area contributed by atoms with Gasteiger partial charge in [0.15, 0.2) is 0 Å². The molecule has 0 spiro atoms. The molecule has 114 valence electrons. The molecule has 0 aromatic carbocycles. The zero-order valence-corrected chi connectivity index (χ0v) is 13.9. The summed E-state index contributed by atoms with van der Waals surface area (Å²) in [7, 11) is 0. The standard InChI is InChI=1S/C12H11Cl3N2O3S/c1-7-9(21-10(18)16-7)8-2-4-17(5-3-8)11(19)20-6-12(13,14)15/h2-5,8H,6H2,1H3,(H,16,18). The molecule has 1 aliphatic heterocycles. The SMILES string of the molecule is Cc1[nH]c(=O)sc1C1C=CN(C(=O)OCC(Cl)(Cl)Cl)C=C1. The lowest BCUT2D eigenvalue weighted by molar-refractivity contribution is 0.129. The third-order valence-electron chi connectivity index (χ3n) is 2.64. The van der Waals surface area contributed by atoms with E-state index in [0.29, 0.717) is 0 Å². The Hall–Kier alpha value is -0.950. The van der Waals surface area contributed by atoms with Crippen molar-refractivity contribution in [1.29, 1.82) is 0 Å². The highest BCUT2D eigenvalue weighted by molar-refractivity contribution is 7.09. The number of H-pyrrole nitrogens is 1. The molecule has 1 amide bonds. The van der Waals surface area contributed by atoms with Gasteiger partial charge in [-0.25, -0.2) is 4.79 Å². The molecule has 0 atom stereocenters. The number of aromatic amines is 1. The van der Waals surface area contributed by atoms with Crippen molar-refractivity contribution < 1.29 is 9.53 Å². The molecule has 1 N–H and O–H groups in total. The number of amides is 1. The van der Waals surface area contributed by atoms with Gasteiger partial charge in [-0.05, 0) is 6.92 Å². The van der Waals surface area contributed by atoms with Crippen molar-refractivity contribution in [2.24, 2.45) is 0 Å². The van der Waals surface area contributed by atoms with Gasteiger partial charge in [0.2, 0.25) is 3.79 Å². The maximum absolute atomic E-state index is 11.7. The number of rotatable bonds is 2. The molecule has 5 nitrogen and oxygen atoms in total. The largest absolute Gasteiger partial charge is 0.444 e. The quantitative estimate of drug-likeness (QED) is 0.809. The number of nitrogens with zero attached hydrogens (tertiary/aromatic N) is 1. The topological polar surface area (TPSA) is 62.4 Å². The molecular weight excluding hydrogens is 359 g/mol. The van der Waals surface area contributed by atoms with Crippen LogP contribution in [-0.4, -0.2) is 26.4 Å². The van der Waals surface area contributed by atoms with Gasteiger partial charge < -0.3 is 9.72 Å². The van der Waals surface area contributed by atoms with Gasteiger partial charge in [-0.2, -0.15) is 0 Å². The maximum Gasteiger partial charge on any atom is 0.418 e. The van der Waals surface area contributed by atoms with Crippen LogP contribution in [0.3, 0.4) is 0 Å². The van der Waals surface area contributed by atoms with E-state index in [1.165, 1.54) is 4.90 Å². The lowest BCUT2D eigenvalue weighted by Gasteiger charge is -2.20. The van der Waals surface area contributed by atoms with Crippen molar-refractivity contribution >= 4 is 52.2 Å². The third-order valence-corrected chi connectivity index (χ3v) is 4.06. The number of allylic oxidation sites excluding steroid dienone is 2. The molecule has 2 rings (SSSR count). The Labute approximate surface area is 139 Å². The second-order valence-electron chi connectivity index (χ2n) is 4.29. The van der Waals surface area contributed by atoms with E-state index in [0.717, 1.165) is 21.9 Å². The van der Waals surface area contributed by atoms with Crippen molar-refractivity contribution in [1.82, 2.24) is 9.88 Å². The average molecular weight is 370 g/mol. The van der Waals surface area contributed by atoms with Crippen LogP contribution in [0.1, 0.15) is 16.5 Å². The minimum Gasteiger partial charge on any atom is -0.444 e. The maximum atomic E-state index is 11.7. The molecule has 0 fully saturated rings. The fraction of sp³-hybridized carbons (Fsp3) is 0.333. The molecule has 21 heavy (non-hydrogen) atoms. The highest BCUT2D eigenvalue weighted by Gasteiger charge is 2.24. The summed E-state index contributed by atoms with van der Waals surface area (Å²) in [5.74, 6) is -0.0637. The normalized spacial score (nSPS) is 15.5. The van der Waals surface area contributed by atoms with Crippen molar-refractivity contribution in [2.45, 2.75) is 16.6 Å². The number of aromatic nitrogens is 1. The molecule has 9 heteroatoms. The number of nitrogens with one attached hydrogen (secondary N) is 1. The summed E-state index contributed by atoms with van der Waals surface area (Å²) in [4.78, 5) is 27.8. The summed E-state index contributed by atoms with van der Waals surface area (Å²) in [6, 6.07) is 0. The van der Waals surface area contributed by atoms with Gasteiger partial charge >= 0.3 is 11.0 Å². The molecule has 1 aliphatic rings. The van der Waals surface area contributed by atoms with Crippen LogP contribution < -0.4 is 4.87 Å². The summed E-state index contributed by atoms with van der Waals surface area (Å²) >= 11 is 17.7. The number of ether oxygens (including phenoxy) is 1. The molecular formula is C12H11Cl3N2O3S. The monoisotopic (exact) mass is 368 g/mol. The van der Waals surface area contributed by atoms with E-state index in [1.807, 2.05) is 6.92 Å². The van der Waals surface area contributed by atoms with Crippen molar-refractivity contribution in [3.8, 4) is 0 Å². The van der Waals surface area contributed by atoms with Crippen LogP contribution in [0.4, 0.5) is 4.79 Å². The lowest BCUT2D eigenvalue weighted by Crippen LogP contribution is -2.26. The molecule has 0 unspecified atom stereocenters. The Bertz CT molecular complexity index is 631. The summed E-state index contributed by atoms with van der Waals surface area (Å²) in [5, 5.41) is 0. The van der Waals surface area contributed by atoms with Gasteiger partial charge in [0, 0.05) is 28.9 Å². The van der Waals surface area contributed by atoms with E-state index in [2.05, 4.69) is 4.98 Å². The van der Waals surface area contributed by atoms with Gasteiger partial charge in [0.1, 0.15) is 6.61 Å². The molecule has 0 saturated carbocycles. The van der Waals surface area contributed by atoms with Crippen LogP contribution in [0, 0.1) is 6.92 Å². The fourth-order valence-electron chi connectivity index (χ4n) is 1.73. The Morgan fingerprint density at radius 1 is 1.43 bits per heavy atom. The summed E-state index contributed by atoms with van der Waals surface area (Å²) < 4.78 is 3.21. The van der Waals surface area contributed by atoms with Crippen molar-refractivity contribution in [3.05, 3.63) is 44.8 Å². The van der Waals surface area contributed by atoms with Gasteiger partial charge in [-0.15, -0.1) is 0 Å². The summed E-state index contributed by atoms with van der Waals surface area (Å²) in [6.45, 7) is 1.49. The van der Waals surface area contributed by atoms with Crippen LogP contribution >= 0.6 is 46.1 Å².